The quantitative estimate of drug-likeness (QED) is 0.457. The molecule has 1 atom stereocenters. The Morgan fingerprint density at radius 1 is 1.53 bits per heavy atom. The van der Waals surface area contributed by atoms with Crippen LogP contribution < -0.4 is 5.32 Å². The van der Waals surface area contributed by atoms with Crippen LogP contribution in [0.3, 0.4) is 0 Å². The largest absolute Gasteiger partial charge is 0.307 e. The zero-order chi connectivity index (χ0) is 11.3. The highest BCUT2D eigenvalue weighted by atomic mass is 16.6. The Hall–Kier alpha value is -1.68. The molecule has 0 fully saturated rings. The Morgan fingerprint density at radius 3 is 2.60 bits per heavy atom. The lowest BCUT2D eigenvalue weighted by Gasteiger charge is -2.12. The minimum atomic E-state index is -0.397. The lowest BCUT2D eigenvalue weighted by Crippen LogP contribution is -2.18. The van der Waals surface area contributed by atoms with Crippen molar-refractivity contribution in [1.82, 2.24) is 5.32 Å². The predicted octanol–water partition coefficient (Wildman–Crippen LogP) is 2.43. The molecule has 1 N–H and O–H groups in total. The lowest BCUT2D eigenvalue weighted by atomic mass is 10.1. The Morgan fingerprint density at radius 2 is 2.13 bits per heavy atom. The normalized spacial score (nSPS) is 12.1. The van der Waals surface area contributed by atoms with Gasteiger partial charge in [0.25, 0.3) is 5.69 Å². The van der Waals surface area contributed by atoms with Crippen molar-refractivity contribution in [3.63, 3.8) is 0 Å². The van der Waals surface area contributed by atoms with E-state index in [2.05, 4.69) is 11.9 Å². The van der Waals surface area contributed by atoms with E-state index in [4.69, 9.17) is 0 Å². The fourth-order valence-corrected chi connectivity index (χ4v) is 1.26. The molecule has 0 aromatic heterocycles. The maximum Gasteiger partial charge on any atom is 0.269 e. The molecule has 0 saturated carbocycles. The standard InChI is InChI=1S/C11H14N2O2/c1-3-8-12-9(2)10-4-6-11(7-5-10)13(14)15/h3-7,9,12H,1,8H2,2H3/t9-/m1/s1. The Balaban J connectivity index is 2.70. The van der Waals surface area contributed by atoms with E-state index in [-0.39, 0.29) is 11.7 Å². The number of benzene rings is 1. The minimum Gasteiger partial charge on any atom is -0.307 e. The van der Waals surface area contributed by atoms with E-state index in [0.29, 0.717) is 0 Å². The first-order valence-electron chi connectivity index (χ1n) is 4.73. The maximum absolute atomic E-state index is 10.4. The molecule has 0 bridgehead atoms. The van der Waals surface area contributed by atoms with Gasteiger partial charge >= 0.3 is 0 Å². The van der Waals surface area contributed by atoms with E-state index in [0.717, 1.165) is 12.1 Å². The molecular formula is C11H14N2O2. The molecule has 0 radical (unpaired) electrons. The van der Waals surface area contributed by atoms with Crippen LogP contribution in [-0.4, -0.2) is 11.5 Å². The van der Waals surface area contributed by atoms with Crippen LogP contribution in [-0.2, 0) is 0 Å². The number of nitrogens with zero attached hydrogens (tertiary/aromatic N) is 1. The van der Waals surface area contributed by atoms with E-state index < -0.39 is 4.92 Å². The molecule has 0 heterocycles. The molecule has 1 rings (SSSR count). The number of nitro groups is 1. The van der Waals surface area contributed by atoms with Gasteiger partial charge in [0.15, 0.2) is 0 Å². The van der Waals surface area contributed by atoms with Gasteiger partial charge in [-0.05, 0) is 12.5 Å². The minimum absolute atomic E-state index is 0.120. The molecule has 0 unspecified atom stereocenters. The van der Waals surface area contributed by atoms with Crippen LogP contribution in [0.1, 0.15) is 18.5 Å². The van der Waals surface area contributed by atoms with E-state index >= 15 is 0 Å². The van der Waals surface area contributed by atoms with Gasteiger partial charge in [0.2, 0.25) is 0 Å². The van der Waals surface area contributed by atoms with Crippen molar-refractivity contribution < 1.29 is 4.92 Å². The number of nitro benzene ring substituents is 1. The van der Waals surface area contributed by atoms with Gasteiger partial charge in [-0.15, -0.1) is 6.58 Å². The molecule has 0 amide bonds. The molecule has 1 aromatic rings. The number of rotatable bonds is 5. The third-order valence-corrected chi connectivity index (χ3v) is 2.17. The second kappa shape index (κ2) is 5.26. The van der Waals surface area contributed by atoms with E-state index in [1.807, 2.05) is 6.92 Å². The zero-order valence-electron chi connectivity index (χ0n) is 8.64. The summed E-state index contributed by atoms with van der Waals surface area (Å²) in [6, 6.07) is 6.73. The zero-order valence-corrected chi connectivity index (χ0v) is 8.64. The molecule has 4 heteroatoms. The van der Waals surface area contributed by atoms with Gasteiger partial charge in [-0.25, -0.2) is 0 Å². The molecule has 4 nitrogen and oxygen atoms in total. The van der Waals surface area contributed by atoms with Crippen LogP contribution in [0.25, 0.3) is 0 Å². The van der Waals surface area contributed by atoms with Crippen molar-refractivity contribution in [3.05, 3.63) is 52.6 Å². The first-order chi connectivity index (χ1) is 7.15. The molecule has 0 aliphatic heterocycles. The van der Waals surface area contributed by atoms with Gasteiger partial charge in [-0.2, -0.15) is 0 Å². The first kappa shape index (κ1) is 11.4. The topological polar surface area (TPSA) is 55.2 Å². The second-order valence-electron chi connectivity index (χ2n) is 3.27. The van der Waals surface area contributed by atoms with Crippen LogP contribution in [0.4, 0.5) is 5.69 Å². The van der Waals surface area contributed by atoms with Crippen molar-refractivity contribution in [3.8, 4) is 0 Å². The monoisotopic (exact) mass is 206 g/mol. The highest BCUT2D eigenvalue weighted by molar-refractivity contribution is 5.34. The molecule has 0 aliphatic rings. The first-order valence-corrected chi connectivity index (χ1v) is 4.73. The average molecular weight is 206 g/mol. The van der Waals surface area contributed by atoms with Crippen molar-refractivity contribution in [2.75, 3.05) is 6.54 Å². The summed E-state index contributed by atoms with van der Waals surface area (Å²) in [5.74, 6) is 0. The number of non-ortho nitro benzene ring substituents is 1. The summed E-state index contributed by atoms with van der Waals surface area (Å²) >= 11 is 0. The molecule has 1 aromatic carbocycles. The number of nitrogens with one attached hydrogen (secondary N) is 1. The van der Waals surface area contributed by atoms with Gasteiger partial charge in [0, 0.05) is 24.7 Å². The third-order valence-electron chi connectivity index (χ3n) is 2.17. The van der Waals surface area contributed by atoms with Gasteiger partial charge in [-0.3, -0.25) is 10.1 Å². The smallest absolute Gasteiger partial charge is 0.269 e. The second-order valence-corrected chi connectivity index (χ2v) is 3.27. The predicted molar refractivity (Wildman–Crippen MR) is 59.7 cm³/mol. The van der Waals surface area contributed by atoms with Gasteiger partial charge < -0.3 is 5.32 Å². The summed E-state index contributed by atoms with van der Waals surface area (Å²) in [6.45, 7) is 6.34. The summed E-state index contributed by atoms with van der Waals surface area (Å²) in [4.78, 5) is 10.0. The summed E-state index contributed by atoms with van der Waals surface area (Å²) < 4.78 is 0. The van der Waals surface area contributed by atoms with Gasteiger partial charge in [0.1, 0.15) is 0 Å². The summed E-state index contributed by atoms with van der Waals surface area (Å²) in [5, 5.41) is 13.6. The van der Waals surface area contributed by atoms with Crippen LogP contribution in [0.15, 0.2) is 36.9 Å². The SMILES string of the molecule is C=CCN[C@H](C)c1ccc([N+](=O)[O-])cc1. The third kappa shape index (κ3) is 3.18. The van der Waals surface area contributed by atoms with Gasteiger partial charge in [-0.1, -0.05) is 18.2 Å². The van der Waals surface area contributed by atoms with Gasteiger partial charge in [0.05, 0.1) is 4.92 Å². The highest BCUT2D eigenvalue weighted by Gasteiger charge is 2.07. The number of hydrogen-bond donors (Lipinski definition) is 1. The maximum atomic E-state index is 10.4. The molecule has 0 aliphatic carbocycles. The van der Waals surface area contributed by atoms with Crippen LogP contribution >= 0.6 is 0 Å². The molecule has 0 spiro atoms. The van der Waals surface area contributed by atoms with Crippen molar-refractivity contribution in [2.24, 2.45) is 0 Å². The van der Waals surface area contributed by atoms with Crippen molar-refractivity contribution >= 4 is 5.69 Å². The van der Waals surface area contributed by atoms with E-state index in [1.54, 1.807) is 18.2 Å². The Bertz CT molecular complexity index is 346. The van der Waals surface area contributed by atoms with E-state index in [9.17, 15) is 10.1 Å². The fraction of sp³-hybridized carbons (Fsp3) is 0.273. The summed E-state index contributed by atoms with van der Waals surface area (Å²) in [6.07, 6.45) is 1.78. The molecule has 80 valence electrons. The summed E-state index contributed by atoms with van der Waals surface area (Å²) in [5.41, 5.74) is 1.15. The molecule has 15 heavy (non-hydrogen) atoms. The summed E-state index contributed by atoms with van der Waals surface area (Å²) in [7, 11) is 0. The Kier molecular flexibility index (Phi) is 4.00. The molecule has 0 saturated heterocycles. The van der Waals surface area contributed by atoms with E-state index in [1.165, 1.54) is 12.1 Å². The Labute approximate surface area is 88.8 Å². The van der Waals surface area contributed by atoms with Crippen LogP contribution in [0.2, 0.25) is 0 Å². The van der Waals surface area contributed by atoms with Crippen LogP contribution in [0.5, 0.6) is 0 Å². The fourth-order valence-electron chi connectivity index (χ4n) is 1.26. The molecular weight excluding hydrogens is 192 g/mol. The average Bonchev–Trinajstić information content (AvgIpc) is 2.26. The van der Waals surface area contributed by atoms with Crippen molar-refractivity contribution in [1.29, 1.82) is 0 Å². The number of hydrogen-bond acceptors (Lipinski definition) is 3. The highest BCUT2D eigenvalue weighted by Crippen LogP contribution is 2.17. The van der Waals surface area contributed by atoms with Crippen molar-refractivity contribution in [2.45, 2.75) is 13.0 Å². The van der Waals surface area contributed by atoms with Crippen LogP contribution in [0, 0.1) is 10.1 Å². The lowest BCUT2D eigenvalue weighted by molar-refractivity contribution is -0.384.